The zero-order chi connectivity index (χ0) is 11.7. The second-order valence-corrected chi connectivity index (χ2v) is 4.29. The number of esters is 2. The number of rotatable bonds is 3. The molecule has 0 aromatic rings. The van der Waals surface area contributed by atoms with E-state index in [2.05, 4.69) is 0 Å². The molecule has 4 unspecified atom stereocenters. The molecule has 1 fully saturated rings. The Hall–Kier alpha value is -1.32. The van der Waals surface area contributed by atoms with Gasteiger partial charge in [0.05, 0.1) is 12.5 Å². The van der Waals surface area contributed by atoms with Crippen LogP contribution in [0, 0.1) is 17.8 Å². The molecule has 0 amide bonds. The Labute approximate surface area is 94.6 Å². The van der Waals surface area contributed by atoms with Gasteiger partial charge in [-0.3, -0.25) is 9.59 Å². The SMILES string of the molecule is CCOC(=O)C1C2C=CC(OC(C)=O)CC21. The fourth-order valence-electron chi connectivity index (χ4n) is 2.44. The summed E-state index contributed by atoms with van der Waals surface area (Å²) in [4.78, 5) is 22.3. The highest BCUT2D eigenvalue weighted by Gasteiger charge is 2.56. The predicted octanol–water partition coefficient (Wildman–Crippen LogP) is 1.30. The minimum atomic E-state index is -0.276. The van der Waals surface area contributed by atoms with E-state index in [0.717, 1.165) is 6.42 Å². The van der Waals surface area contributed by atoms with E-state index in [1.54, 1.807) is 6.92 Å². The molecule has 0 aliphatic heterocycles. The molecule has 4 nitrogen and oxygen atoms in total. The summed E-state index contributed by atoms with van der Waals surface area (Å²) in [7, 11) is 0. The average Bonchev–Trinajstić information content (AvgIpc) is 2.90. The van der Waals surface area contributed by atoms with Crippen LogP contribution in [0.1, 0.15) is 20.3 Å². The molecule has 0 heterocycles. The van der Waals surface area contributed by atoms with Gasteiger partial charge in [0.1, 0.15) is 6.10 Å². The molecule has 2 aliphatic rings. The highest BCUT2D eigenvalue weighted by atomic mass is 16.5. The Morgan fingerprint density at radius 2 is 2.12 bits per heavy atom. The summed E-state index contributed by atoms with van der Waals surface area (Å²) < 4.78 is 10.1. The van der Waals surface area contributed by atoms with Crippen LogP contribution in [0.5, 0.6) is 0 Å². The molecule has 0 N–H and O–H groups in total. The van der Waals surface area contributed by atoms with Gasteiger partial charge in [0, 0.05) is 6.92 Å². The van der Waals surface area contributed by atoms with Crippen molar-refractivity contribution in [1.29, 1.82) is 0 Å². The molecule has 4 heteroatoms. The van der Waals surface area contributed by atoms with Crippen LogP contribution in [0.2, 0.25) is 0 Å². The second-order valence-electron chi connectivity index (χ2n) is 4.29. The molecule has 0 aromatic carbocycles. The summed E-state index contributed by atoms with van der Waals surface area (Å²) in [5.41, 5.74) is 0. The first kappa shape index (κ1) is 11.2. The maximum Gasteiger partial charge on any atom is 0.309 e. The number of carbonyl (C=O) groups excluding carboxylic acids is 2. The average molecular weight is 224 g/mol. The lowest BCUT2D eigenvalue weighted by atomic mass is 10.1. The standard InChI is InChI=1S/C12H16O4/c1-3-15-12(14)11-9-5-4-8(6-10(9)11)16-7(2)13/h4-5,8-11H,3,6H2,1-2H3. The fourth-order valence-corrected chi connectivity index (χ4v) is 2.44. The number of hydrogen-bond donors (Lipinski definition) is 0. The molecule has 2 rings (SSSR count). The van der Waals surface area contributed by atoms with Crippen LogP contribution in [0.15, 0.2) is 12.2 Å². The van der Waals surface area contributed by atoms with Crippen LogP contribution < -0.4 is 0 Å². The molecular weight excluding hydrogens is 208 g/mol. The monoisotopic (exact) mass is 224 g/mol. The van der Waals surface area contributed by atoms with E-state index in [1.807, 2.05) is 12.2 Å². The molecule has 4 atom stereocenters. The van der Waals surface area contributed by atoms with Crippen molar-refractivity contribution in [1.82, 2.24) is 0 Å². The Bertz CT molecular complexity index is 334. The largest absolute Gasteiger partial charge is 0.466 e. The third-order valence-electron chi connectivity index (χ3n) is 3.16. The Kier molecular flexibility index (Phi) is 2.99. The van der Waals surface area contributed by atoms with E-state index in [4.69, 9.17) is 9.47 Å². The molecule has 0 saturated heterocycles. The van der Waals surface area contributed by atoms with E-state index < -0.39 is 0 Å². The van der Waals surface area contributed by atoms with Gasteiger partial charge >= 0.3 is 11.9 Å². The number of carbonyl (C=O) groups is 2. The predicted molar refractivity (Wildman–Crippen MR) is 56.4 cm³/mol. The molecule has 0 bridgehead atoms. The van der Waals surface area contributed by atoms with Crippen LogP contribution in [0.3, 0.4) is 0 Å². The van der Waals surface area contributed by atoms with Gasteiger partial charge in [0.2, 0.25) is 0 Å². The highest BCUT2D eigenvalue weighted by molar-refractivity contribution is 5.77. The van der Waals surface area contributed by atoms with Gasteiger partial charge in [0.15, 0.2) is 0 Å². The number of ether oxygens (including phenoxy) is 2. The van der Waals surface area contributed by atoms with Crippen LogP contribution >= 0.6 is 0 Å². The van der Waals surface area contributed by atoms with Crippen molar-refractivity contribution >= 4 is 11.9 Å². The normalized spacial score (nSPS) is 35.1. The number of hydrogen-bond acceptors (Lipinski definition) is 4. The van der Waals surface area contributed by atoms with E-state index in [9.17, 15) is 9.59 Å². The van der Waals surface area contributed by atoms with Crippen LogP contribution in [0.25, 0.3) is 0 Å². The summed E-state index contributed by atoms with van der Waals surface area (Å²) >= 11 is 0. The van der Waals surface area contributed by atoms with Crippen LogP contribution in [0.4, 0.5) is 0 Å². The second kappa shape index (κ2) is 4.28. The maximum atomic E-state index is 11.5. The summed E-state index contributed by atoms with van der Waals surface area (Å²) in [6.07, 6.45) is 4.42. The number of fused-ring (bicyclic) bond motifs is 1. The first-order valence-electron chi connectivity index (χ1n) is 5.65. The van der Waals surface area contributed by atoms with Crippen molar-refractivity contribution in [2.45, 2.75) is 26.4 Å². The zero-order valence-electron chi connectivity index (χ0n) is 9.51. The first-order valence-corrected chi connectivity index (χ1v) is 5.65. The van der Waals surface area contributed by atoms with Gasteiger partial charge in [-0.1, -0.05) is 6.08 Å². The van der Waals surface area contributed by atoms with E-state index >= 15 is 0 Å². The summed E-state index contributed by atoms with van der Waals surface area (Å²) in [6, 6.07) is 0. The minimum absolute atomic E-state index is 0.0169. The lowest BCUT2D eigenvalue weighted by molar-refractivity contribution is -0.145. The summed E-state index contributed by atoms with van der Waals surface area (Å²) in [6.45, 7) is 3.63. The van der Waals surface area contributed by atoms with Crippen molar-refractivity contribution in [2.75, 3.05) is 6.61 Å². The zero-order valence-corrected chi connectivity index (χ0v) is 9.51. The van der Waals surface area contributed by atoms with Gasteiger partial charge in [0.25, 0.3) is 0 Å². The fraction of sp³-hybridized carbons (Fsp3) is 0.667. The first-order chi connectivity index (χ1) is 7.63. The molecule has 16 heavy (non-hydrogen) atoms. The third-order valence-corrected chi connectivity index (χ3v) is 3.16. The minimum Gasteiger partial charge on any atom is -0.466 e. The molecule has 1 saturated carbocycles. The third kappa shape index (κ3) is 2.10. The quantitative estimate of drug-likeness (QED) is 0.535. The van der Waals surface area contributed by atoms with Gasteiger partial charge < -0.3 is 9.47 Å². The molecule has 88 valence electrons. The molecule has 0 radical (unpaired) electrons. The van der Waals surface area contributed by atoms with E-state index in [1.165, 1.54) is 6.92 Å². The van der Waals surface area contributed by atoms with Gasteiger partial charge in [-0.15, -0.1) is 0 Å². The molecule has 0 aromatic heterocycles. The van der Waals surface area contributed by atoms with Crippen LogP contribution in [-0.4, -0.2) is 24.6 Å². The summed E-state index contributed by atoms with van der Waals surface area (Å²) in [5.74, 6) is 0.183. The van der Waals surface area contributed by atoms with E-state index in [0.29, 0.717) is 18.4 Å². The van der Waals surface area contributed by atoms with Crippen molar-refractivity contribution in [2.24, 2.45) is 17.8 Å². The smallest absolute Gasteiger partial charge is 0.309 e. The Morgan fingerprint density at radius 1 is 1.38 bits per heavy atom. The van der Waals surface area contributed by atoms with Gasteiger partial charge in [-0.05, 0) is 31.3 Å². The number of allylic oxidation sites excluding steroid dienone is 1. The molecule has 2 aliphatic carbocycles. The van der Waals surface area contributed by atoms with Crippen molar-refractivity contribution in [3.8, 4) is 0 Å². The van der Waals surface area contributed by atoms with Gasteiger partial charge in [-0.2, -0.15) is 0 Å². The summed E-state index contributed by atoms with van der Waals surface area (Å²) in [5, 5.41) is 0. The Balaban J connectivity index is 1.89. The molecular formula is C12H16O4. The Morgan fingerprint density at radius 3 is 2.75 bits per heavy atom. The highest BCUT2D eigenvalue weighted by Crippen LogP contribution is 2.53. The lowest BCUT2D eigenvalue weighted by Crippen LogP contribution is -2.17. The lowest BCUT2D eigenvalue weighted by Gasteiger charge is -2.15. The van der Waals surface area contributed by atoms with Crippen molar-refractivity contribution in [3.63, 3.8) is 0 Å². The topological polar surface area (TPSA) is 52.6 Å². The van der Waals surface area contributed by atoms with Crippen LogP contribution in [-0.2, 0) is 19.1 Å². The van der Waals surface area contributed by atoms with Crippen molar-refractivity contribution in [3.05, 3.63) is 12.2 Å². The molecule has 0 spiro atoms. The van der Waals surface area contributed by atoms with E-state index in [-0.39, 0.29) is 24.0 Å². The van der Waals surface area contributed by atoms with Gasteiger partial charge in [-0.25, -0.2) is 0 Å². The maximum absolute atomic E-state index is 11.5. The van der Waals surface area contributed by atoms with Crippen molar-refractivity contribution < 1.29 is 19.1 Å².